The number of primary sulfonamides is 1. The van der Waals surface area contributed by atoms with Gasteiger partial charge in [-0.15, -0.1) is 0 Å². The molecular formula is C15H24N2O3S. The highest BCUT2D eigenvalue weighted by molar-refractivity contribution is 7.89. The number of nitrogens with two attached hydrogens (primary N) is 1. The Bertz CT molecular complexity index is 567. The third kappa shape index (κ3) is 5.47. The van der Waals surface area contributed by atoms with Crippen LogP contribution in [0.25, 0.3) is 0 Å². The normalized spacial score (nSPS) is 14.5. The first kappa shape index (κ1) is 17.7. The van der Waals surface area contributed by atoms with E-state index in [0.29, 0.717) is 0 Å². The second-order valence-electron chi connectivity index (χ2n) is 5.39. The van der Waals surface area contributed by atoms with Gasteiger partial charge in [0, 0.05) is 5.92 Å². The van der Waals surface area contributed by atoms with Crippen LogP contribution in [0.2, 0.25) is 0 Å². The van der Waals surface area contributed by atoms with Crippen molar-refractivity contribution in [3.05, 3.63) is 29.8 Å². The molecule has 1 aromatic rings. The second kappa shape index (κ2) is 7.56. The summed E-state index contributed by atoms with van der Waals surface area (Å²) >= 11 is 0. The number of amides is 1. The first-order valence-electron chi connectivity index (χ1n) is 7.18. The molecule has 6 heteroatoms. The molecule has 0 spiro atoms. The minimum atomic E-state index is -3.68. The molecule has 3 N–H and O–H groups in total. The van der Waals surface area contributed by atoms with E-state index in [1.165, 1.54) is 12.1 Å². The van der Waals surface area contributed by atoms with E-state index in [1.54, 1.807) is 12.1 Å². The highest BCUT2D eigenvalue weighted by Gasteiger charge is 2.16. The van der Waals surface area contributed by atoms with Gasteiger partial charge in [0.2, 0.25) is 15.9 Å². The third-order valence-electron chi connectivity index (χ3n) is 3.51. The summed E-state index contributed by atoms with van der Waals surface area (Å²) < 4.78 is 22.4. The van der Waals surface area contributed by atoms with Gasteiger partial charge in [0.05, 0.1) is 10.9 Å². The van der Waals surface area contributed by atoms with E-state index in [4.69, 9.17) is 5.14 Å². The molecule has 118 valence electrons. The van der Waals surface area contributed by atoms with Gasteiger partial charge in [-0.25, -0.2) is 13.6 Å². The van der Waals surface area contributed by atoms with E-state index in [-0.39, 0.29) is 22.8 Å². The van der Waals surface area contributed by atoms with Crippen molar-refractivity contribution in [2.45, 2.75) is 51.0 Å². The van der Waals surface area contributed by atoms with Crippen LogP contribution in [0.3, 0.4) is 0 Å². The first-order chi connectivity index (χ1) is 9.75. The van der Waals surface area contributed by atoms with Crippen LogP contribution in [0, 0.1) is 5.92 Å². The number of hydrogen-bond acceptors (Lipinski definition) is 3. The number of benzene rings is 1. The molecule has 0 aliphatic rings. The fourth-order valence-electron chi connectivity index (χ4n) is 2.03. The molecule has 0 fully saturated rings. The molecule has 0 aliphatic heterocycles. The number of unbranched alkanes of at least 4 members (excludes halogenated alkanes) is 1. The summed E-state index contributed by atoms with van der Waals surface area (Å²) in [5.74, 6) is 0.00238. The molecule has 0 saturated carbocycles. The number of rotatable bonds is 7. The molecule has 2 atom stereocenters. The molecule has 2 unspecified atom stereocenters. The zero-order valence-electron chi connectivity index (χ0n) is 12.8. The van der Waals surface area contributed by atoms with Gasteiger partial charge in [-0.1, -0.05) is 38.8 Å². The highest BCUT2D eigenvalue weighted by Crippen LogP contribution is 2.17. The molecule has 0 aromatic heterocycles. The molecule has 0 saturated heterocycles. The van der Waals surface area contributed by atoms with E-state index in [9.17, 15) is 13.2 Å². The monoisotopic (exact) mass is 312 g/mol. The molecular weight excluding hydrogens is 288 g/mol. The van der Waals surface area contributed by atoms with Crippen molar-refractivity contribution in [1.29, 1.82) is 0 Å². The van der Waals surface area contributed by atoms with Gasteiger partial charge in [-0.3, -0.25) is 4.79 Å². The largest absolute Gasteiger partial charge is 0.349 e. The fourth-order valence-corrected chi connectivity index (χ4v) is 2.54. The molecule has 0 aliphatic carbocycles. The topological polar surface area (TPSA) is 89.3 Å². The van der Waals surface area contributed by atoms with E-state index < -0.39 is 10.0 Å². The van der Waals surface area contributed by atoms with Crippen molar-refractivity contribution >= 4 is 15.9 Å². The molecule has 21 heavy (non-hydrogen) atoms. The molecule has 0 heterocycles. The van der Waals surface area contributed by atoms with Crippen LogP contribution in [0.5, 0.6) is 0 Å². The number of carbonyl (C=O) groups excluding carboxylic acids is 1. The Hall–Kier alpha value is -1.40. The molecule has 1 rings (SSSR count). The Morgan fingerprint density at radius 2 is 1.81 bits per heavy atom. The Labute approximate surface area is 127 Å². The highest BCUT2D eigenvalue weighted by atomic mass is 32.2. The van der Waals surface area contributed by atoms with Crippen molar-refractivity contribution < 1.29 is 13.2 Å². The van der Waals surface area contributed by atoms with Crippen LogP contribution in [0.1, 0.15) is 51.6 Å². The van der Waals surface area contributed by atoms with Gasteiger partial charge in [0.1, 0.15) is 0 Å². The van der Waals surface area contributed by atoms with Crippen molar-refractivity contribution in [2.75, 3.05) is 0 Å². The lowest BCUT2D eigenvalue weighted by Crippen LogP contribution is -2.31. The van der Waals surface area contributed by atoms with Crippen LogP contribution in [-0.2, 0) is 14.8 Å². The average molecular weight is 312 g/mol. The zero-order valence-corrected chi connectivity index (χ0v) is 13.6. The molecule has 0 bridgehead atoms. The Balaban J connectivity index is 2.67. The number of hydrogen-bond donors (Lipinski definition) is 2. The quantitative estimate of drug-likeness (QED) is 0.809. The van der Waals surface area contributed by atoms with Gasteiger partial charge >= 0.3 is 0 Å². The molecule has 1 aromatic carbocycles. The van der Waals surface area contributed by atoms with E-state index >= 15 is 0 Å². The number of nitrogens with one attached hydrogen (secondary N) is 1. The Morgan fingerprint density at radius 3 is 2.29 bits per heavy atom. The van der Waals surface area contributed by atoms with Gasteiger partial charge < -0.3 is 5.32 Å². The van der Waals surface area contributed by atoms with Crippen LogP contribution in [-0.4, -0.2) is 14.3 Å². The minimum Gasteiger partial charge on any atom is -0.349 e. The smallest absolute Gasteiger partial charge is 0.238 e. The average Bonchev–Trinajstić information content (AvgIpc) is 2.43. The summed E-state index contributed by atoms with van der Waals surface area (Å²) in [6.07, 6.45) is 2.98. The third-order valence-corrected chi connectivity index (χ3v) is 4.43. The van der Waals surface area contributed by atoms with Crippen LogP contribution >= 0.6 is 0 Å². The summed E-state index contributed by atoms with van der Waals surface area (Å²) in [5.41, 5.74) is 0.846. The zero-order chi connectivity index (χ0) is 16.0. The Morgan fingerprint density at radius 1 is 1.24 bits per heavy atom. The van der Waals surface area contributed by atoms with Gasteiger partial charge in [0.15, 0.2) is 0 Å². The molecule has 5 nitrogen and oxygen atoms in total. The van der Waals surface area contributed by atoms with E-state index in [2.05, 4.69) is 12.2 Å². The van der Waals surface area contributed by atoms with Crippen LogP contribution < -0.4 is 10.5 Å². The first-order valence-corrected chi connectivity index (χ1v) is 8.73. The van der Waals surface area contributed by atoms with E-state index in [0.717, 1.165) is 24.8 Å². The minimum absolute atomic E-state index is 0.0175. The maximum atomic E-state index is 12.0. The summed E-state index contributed by atoms with van der Waals surface area (Å²) in [5, 5.41) is 8.00. The van der Waals surface area contributed by atoms with Crippen LogP contribution in [0.4, 0.5) is 0 Å². The van der Waals surface area contributed by atoms with Gasteiger partial charge in [-0.2, -0.15) is 0 Å². The lowest BCUT2D eigenvalue weighted by atomic mass is 10.0. The number of sulfonamides is 1. The summed E-state index contributed by atoms with van der Waals surface area (Å²) in [6, 6.07) is 6.07. The van der Waals surface area contributed by atoms with Crippen molar-refractivity contribution in [1.82, 2.24) is 5.32 Å². The summed E-state index contributed by atoms with van der Waals surface area (Å²) in [4.78, 5) is 12.1. The lowest BCUT2D eigenvalue weighted by molar-refractivity contribution is -0.125. The fraction of sp³-hybridized carbons (Fsp3) is 0.533. The second-order valence-corrected chi connectivity index (χ2v) is 6.95. The lowest BCUT2D eigenvalue weighted by Gasteiger charge is -2.18. The van der Waals surface area contributed by atoms with Gasteiger partial charge in [-0.05, 0) is 31.0 Å². The summed E-state index contributed by atoms with van der Waals surface area (Å²) in [6.45, 7) is 5.89. The van der Waals surface area contributed by atoms with Crippen LogP contribution in [0.15, 0.2) is 29.2 Å². The van der Waals surface area contributed by atoms with Gasteiger partial charge in [0.25, 0.3) is 0 Å². The molecule has 0 radical (unpaired) electrons. The van der Waals surface area contributed by atoms with Crippen molar-refractivity contribution in [2.24, 2.45) is 11.1 Å². The predicted octanol–water partition coefficient (Wildman–Crippen LogP) is 2.34. The summed E-state index contributed by atoms with van der Waals surface area (Å²) in [7, 11) is -3.68. The Kier molecular flexibility index (Phi) is 6.36. The standard InChI is InChI=1S/C15H24N2O3S/c1-4-5-6-11(2)15(18)17-12(3)13-7-9-14(10-8-13)21(16,19)20/h7-12H,4-6H2,1-3H3,(H,17,18)(H2,16,19,20). The maximum absolute atomic E-state index is 12.0. The molecule has 1 amide bonds. The van der Waals surface area contributed by atoms with Crippen molar-refractivity contribution in [3.63, 3.8) is 0 Å². The number of carbonyl (C=O) groups is 1. The van der Waals surface area contributed by atoms with E-state index in [1.807, 2.05) is 13.8 Å². The maximum Gasteiger partial charge on any atom is 0.238 e. The van der Waals surface area contributed by atoms with Crippen molar-refractivity contribution in [3.8, 4) is 0 Å². The SMILES string of the molecule is CCCCC(C)C(=O)NC(C)c1ccc(S(N)(=O)=O)cc1. The predicted molar refractivity (Wildman–Crippen MR) is 83.1 cm³/mol.